The zero-order chi connectivity index (χ0) is 24.6. The Morgan fingerprint density at radius 2 is 1.83 bits per heavy atom. The number of nitrogens with zero attached hydrogens (tertiary/aromatic N) is 2. The third-order valence-corrected chi connectivity index (χ3v) is 5.80. The Balaban J connectivity index is 1.57. The topological polar surface area (TPSA) is 97.5 Å². The molecule has 0 spiro atoms. The van der Waals surface area contributed by atoms with Gasteiger partial charge < -0.3 is 19.7 Å². The first-order valence-electron chi connectivity index (χ1n) is 11.6. The number of hydrogen-bond donors (Lipinski definition) is 2. The first-order chi connectivity index (χ1) is 17.1. The number of hydrogen-bond acceptors (Lipinski definition) is 6. The van der Waals surface area contributed by atoms with Crippen LogP contribution in [0.15, 0.2) is 71.3 Å². The molecular weight excluding hydrogens is 442 g/mol. The van der Waals surface area contributed by atoms with Crippen LogP contribution >= 0.6 is 0 Å². The molecule has 0 radical (unpaired) electrons. The van der Waals surface area contributed by atoms with Gasteiger partial charge in [-0.25, -0.2) is 0 Å². The molecule has 0 amide bonds. The second kappa shape index (κ2) is 11.6. The first-order valence-corrected chi connectivity index (χ1v) is 11.6. The van der Waals surface area contributed by atoms with Crippen LogP contribution in [0.25, 0.3) is 34.0 Å². The number of aliphatic carboxylic acids is 1. The zero-order valence-corrected chi connectivity index (χ0v) is 20.0. The van der Waals surface area contributed by atoms with E-state index >= 15 is 0 Å². The Labute approximate surface area is 204 Å². The minimum Gasteiger partial charge on any atom is -0.481 e. The number of nitrogens with one attached hydrogen (secondary N) is 1. The van der Waals surface area contributed by atoms with E-state index in [1.165, 1.54) is 11.1 Å². The SMILES string of the molecule is CCc1ccccc1-c1ccc(-c2nc(-c3cccc(CNCCC(=O)O)c3)no2)cc1COC. The van der Waals surface area contributed by atoms with Crippen LogP contribution in [0, 0.1) is 0 Å². The summed E-state index contributed by atoms with van der Waals surface area (Å²) in [5.74, 6) is 0.126. The highest BCUT2D eigenvalue weighted by atomic mass is 16.5. The van der Waals surface area contributed by atoms with Crippen LogP contribution in [0.4, 0.5) is 0 Å². The summed E-state index contributed by atoms with van der Waals surface area (Å²) in [6, 6.07) is 22.4. The molecule has 4 rings (SSSR count). The normalized spacial score (nSPS) is 11.0. The molecule has 0 saturated heterocycles. The van der Waals surface area contributed by atoms with Crippen molar-refractivity contribution in [2.45, 2.75) is 32.9 Å². The van der Waals surface area contributed by atoms with E-state index in [0.29, 0.717) is 31.4 Å². The molecule has 0 aliphatic heterocycles. The van der Waals surface area contributed by atoms with Gasteiger partial charge in [-0.3, -0.25) is 4.79 Å². The quantitative estimate of drug-likeness (QED) is 0.285. The molecule has 0 aliphatic rings. The highest BCUT2D eigenvalue weighted by molar-refractivity contribution is 5.74. The van der Waals surface area contributed by atoms with E-state index in [-0.39, 0.29) is 6.42 Å². The molecule has 0 fully saturated rings. The Morgan fingerprint density at radius 3 is 2.63 bits per heavy atom. The van der Waals surface area contributed by atoms with Gasteiger partial charge in [0.1, 0.15) is 0 Å². The molecule has 0 aliphatic carbocycles. The predicted molar refractivity (Wildman–Crippen MR) is 135 cm³/mol. The summed E-state index contributed by atoms with van der Waals surface area (Å²) in [5, 5.41) is 16.1. The van der Waals surface area contributed by atoms with E-state index in [4.69, 9.17) is 14.4 Å². The molecule has 35 heavy (non-hydrogen) atoms. The fourth-order valence-corrected chi connectivity index (χ4v) is 4.06. The van der Waals surface area contributed by atoms with E-state index in [1.54, 1.807) is 7.11 Å². The first kappa shape index (κ1) is 24.3. The fraction of sp³-hybridized carbons (Fsp3) is 0.250. The van der Waals surface area contributed by atoms with Gasteiger partial charge in [0.25, 0.3) is 5.89 Å². The van der Waals surface area contributed by atoms with E-state index in [1.807, 2.05) is 36.4 Å². The van der Waals surface area contributed by atoms with Crippen molar-refractivity contribution in [1.29, 1.82) is 0 Å². The lowest BCUT2D eigenvalue weighted by Gasteiger charge is -2.13. The molecule has 7 heteroatoms. The van der Waals surface area contributed by atoms with E-state index in [0.717, 1.165) is 34.2 Å². The molecule has 1 heterocycles. The van der Waals surface area contributed by atoms with Crippen LogP contribution in [-0.4, -0.2) is 34.9 Å². The Kier molecular flexibility index (Phi) is 8.03. The van der Waals surface area contributed by atoms with Crippen molar-refractivity contribution in [3.05, 3.63) is 83.4 Å². The van der Waals surface area contributed by atoms with Crippen LogP contribution in [0.1, 0.15) is 30.0 Å². The summed E-state index contributed by atoms with van der Waals surface area (Å²) in [7, 11) is 1.69. The van der Waals surface area contributed by atoms with Gasteiger partial charge in [-0.1, -0.05) is 60.6 Å². The number of benzene rings is 3. The van der Waals surface area contributed by atoms with E-state index < -0.39 is 5.97 Å². The van der Waals surface area contributed by atoms with Crippen LogP contribution in [-0.2, 0) is 29.1 Å². The monoisotopic (exact) mass is 471 g/mol. The minimum absolute atomic E-state index is 0.0851. The molecule has 180 valence electrons. The van der Waals surface area contributed by atoms with Crippen LogP contribution in [0.3, 0.4) is 0 Å². The number of aryl methyl sites for hydroxylation is 1. The van der Waals surface area contributed by atoms with Crippen molar-refractivity contribution < 1.29 is 19.2 Å². The maximum atomic E-state index is 10.7. The molecule has 0 bridgehead atoms. The number of aromatic nitrogens is 2. The lowest BCUT2D eigenvalue weighted by molar-refractivity contribution is -0.136. The number of carboxylic acids is 1. The van der Waals surface area contributed by atoms with Gasteiger partial charge >= 0.3 is 5.97 Å². The van der Waals surface area contributed by atoms with Crippen LogP contribution < -0.4 is 5.32 Å². The smallest absolute Gasteiger partial charge is 0.304 e. The standard InChI is InChI=1S/C28H29N3O4/c1-3-20-8-4-5-10-24(20)25-12-11-22(16-23(25)18-34-2)28-30-27(31-35-28)21-9-6-7-19(15-21)17-29-14-13-26(32)33/h4-12,15-16,29H,3,13-14,17-18H2,1-2H3,(H,32,33). The van der Waals surface area contributed by atoms with E-state index in [2.05, 4.69) is 52.7 Å². The number of rotatable bonds is 11. The van der Waals surface area contributed by atoms with Gasteiger partial charge in [0, 0.05) is 31.3 Å². The molecule has 7 nitrogen and oxygen atoms in total. The molecule has 0 saturated carbocycles. The number of ether oxygens (including phenoxy) is 1. The summed E-state index contributed by atoms with van der Waals surface area (Å²) >= 11 is 0. The zero-order valence-electron chi connectivity index (χ0n) is 20.0. The van der Waals surface area contributed by atoms with Crippen molar-refractivity contribution in [2.75, 3.05) is 13.7 Å². The van der Waals surface area contributed by atoms with Crippen LogP contribution in [0.2, 0.25) is 0 Å². The molecule has 1 aromatic heterocycles. The van der Waals surface area contributed by atoms with Crippen molar-refractivity contribution in [1.82, 2.24) is 15.5 Å². The lowest BCUT2D eigenvalue weighted by atomic mass is 9.93. The molecule has 3 aromatic carbocycles. The summed E-state index contributed by atoms with van der Waals surface area (Å²) in [6.45, 7) is 3.60. The highest BCUT2D eigenvalue weighted by Gasteiger charge is 2.15. The summed E-state index contributed by atoms with van der Waals surface area (Å²) in [6.07, 6.45) is 1.04. The maximum Gasteiger partial charge on any atom is 0.304 e. The predicted octanol–water partition coefficient (Wildman–Crippen LogP) is 5.34. The molecule has 0 unspecified atom stereocenters. The average molecular weight is 472 g/mol. The van der Waals surface area contributed by atoms with E-state index in [9.17, 15) is 4.79 Å². The molecule has 0 atom stereocenters. The van der Waals surface area contributed by atoms with Gasteiger partial charge in [-0.2, -0.15) is 4.98 Å². The second-order valence-corrected chi connectivity index (χ2v) is 8.26. The van der Waals surface area contributed by atoms with Crippen LogP contribution in [0.5, 0.6) is 0 Å². The van der Waals surface area contributed by atoms with Gasteiger partial charge in [0.2, 0.25) is 5.82 Å². The lowest BCUT2D eigenvalue weighted by Crippen LogP contribution is -2.17. The molecular formula is C28H29N3O4. The Bertz CT molecular complexity index is 1300. The molecule has 4 aromatic rings. The van der Waals surface area contributed by atoms with Gasteiger partial charge in [-0.15, -0.1) is 0 Å². The average Bonchev–Trinajstić information content (AvgIpc) is 3.37. The molecule has 2 N–H and O–H groups in total. The Morgan fingerprint density at radius 1 is 1.00 bits per heavy atom. The van der Waals surface area contributed by atoms with Crippen molar-refractivity contribution in [3.8, 4) is 34.0 Å². The van der Waals surface area contributed by atoms with Gasteiger partial charge in [0.15, 0.2) is 0 Å². The third kappa shape index (κ3) is 6.01. The van der Waals surface area contributed by atoms with Gasteiger partial charge in [-0.05, 0) is 52.4 Å². The largest absolute Gasteiger partial charge is 0.481 e. The minimum atomic E-state index is -0.818. The number of carbonyl (C=O) groups is 1. The second-order valence-electron chi connectivity index (χ2n) is 8.26. The van der Waals surface area contributed by atoms with Crippen molar-refractivity contribution in [3.63, 3.8) is 0 Å². The number of methoxy groups -OCH3 is 1. The summed E-state index contributed by atoms with van der Waals surface area (Å²) < 4.78 is 11.1. The maximum absolute atomic E-state index is 10.7. The summed E-state index contributed by atoms with van der Waals surface area (Å²) in [5.41, 5.74) is 7.36. The van der Waals surface area contributed by atoms with Gasteiger partial charge in [0.05, 0.1) is 13.0 Å². The summed E-state index contributed by atoms with van der Waals surface area (Å²) in [4.78, 5) is 15.3. The highest BCUT2D eigenvalue weighted by Crippen LogP contribution is 2.32. The van der Waals surface area contributed by atoms with Crippen molar-refractivity contribution in [2.24, 2.45) is 0 Å². The number of carboxylic acid groups (broad SMARTS) is 1. The fourth-order valence-electron chi connectivity index (χ4n) is 4.06. The third-order valence-electron chi connectivity index (χ3n) is 5.80. The van der Waals surface area contributed by atoms with Crippen molar-refractivity contribution >= 4 is 5.97 Å². The Hall–Kier alpha value is -3.81.